The number of ether oxygens (including phenoxy) is 2. The molecule has 3 fully saturated rings. The second kappa shape index (κ2) is 10.6. The topological polar surface area (TPSA) is 106 Å². The molecule has 2 heterocycles. The molecular weight excluding hydrogens is 446 g/mol. The van der Waals surface area contributed by atoms with Crippen LogP contribution in [0.15, 0.2) is 18.2 Å². The Hall–Kier alpha value is -2.61. The summed E-state index contributed by atoms with van der Waals surface area (Å²) in [6.45, 7) is 1.13. The molecule has 0 radical (unpaired) electrons. The molecule has 2 aliphatic heterocycles. The average Bonchev–Trinajstić information content (AvgIpc) is 3.14. The smallest absolute Gasteiger partial charge is 0.408 e. The Morgan fingerprint density at radius 1 is 1.00 bits per heavy atom. The van der Waals surface area contributed by atoms with Crippen LogP contribution in [0.1, 0.15) is 82.6 Å². The monoisotopic (exact) mass is 483 g/mol. The zero-order valence-electron chi connectivity index (χ0n) is 20.4. The maximum Gasteiger partial charge on any atom is 0.408 e. The normalized spacial score (nSPS) is 23.3. The number of carbonyl (C=O) groups is 3. The Bertz CT molecular complexity index is 946. The second-order valence-corrected chi connectivity index (χ2v) is 10.6. The van der Waals surface area contributed by atoms with Crippen molar-refractivity contribution in [2.75, 3.05) is 23.8 Å². The van der Waals surface area contributed by atoms with Gasteiger partial charge in [-0.2, -0.15) is 0 Å². The van der Waals surface area contributed by atoms with Gasteiger partial charge in [-0.1, -0.05) is 31.7 Å². The van der Waals surface area contributed by atoms with Crippen molar-refractivity contribution in [1.29, 1.82) is 0 Å². The summed E-state index contributed by atoms with van der Waals surface area (Å²) in [5, 5.41) is 8.91. The summed E-state index contributed by atoms with van der Waals surface area (Å²) in [6.07, 6.45) is 11.0. The fourth-order valence-corrected chi connectivity index (χ4v) is 6.30. The number of hydrogen-bond acceptors (Lipinski definition) is 5. The van der Waals surface area contributed by atoms with Crippen LogP contribution in [0, 0.1) is 5.92 Å². The quantitative estimate of drug-likeness (QED) is 0.566. The summed E-state index contributed by atoms with van der Waals surface area (Å²) in [4.78, 5) is 39.0. The van der Waals surface area contributed by atoms with Crippen molar-refractivity contribution < 1.29 is 23.9 Å². The molecule has 0 aromatic heterocycles. The van der Waals surface area contributed by atoms with Gasteiger partial charge in [0.15, 0.2) is 0 Å². The number of anilines is 2. The van der Waals surface area contributed by atoms with Gasteiger partial charge < -0.3 is 25.4 Å². The third-order valence-corrected chi connectivity index (χ3v) is 8.33. The first-order chi connectivity index (χ1) is 17.0. The Labute approximate surface area is 206 Å². The molecule has 0 bridgehead atoms. The van der Waals surface area contributed by atoms with Gasteiger partial charge in [-0.3, -0.25) is 9.59 Å². The van der Waals surface area contributed by atoms with Crippen molar-refractivity contribution in [1.82, 2.24) is 5.32 Å². The summed E-state index contributed by atoms with van der Waals surface area (Å²) in [7, 11) is 0. The fraction of sp³-hybridized carbons (Fsp3) is 0.667. The molecule has 0 unspecified atom stereocenters. The Kier molecular flexibility index (Phi) is 7.27. The van der Waals surface area contributed by atoms with E-state index in [2.05, 4.69) is 16.0 Å². The molecule has 190 valence electrons. The van der Waals surface area contributed by atoms with E-state index in [0.717, 1.165) is 69.0 Å². The molecule has 8 heteroatoms. The van der Waals surface area contributed by atoms with Crippen LogP contribution in [0.4, 0.5) is 16.2 Å². The van der Waals surface area contributed by atoms with E-state index in [9.17, 15) is 14.4 Å². The van der Waals surface area contributed by atoms with Crippen molar-refractivity contribution in [3.63, 3.8) is 0 Å². The van der Waals surface area contributed by atoms with Crippen molar-refractivity contribution >= 4 is 29.3 Å². The first kappa shape index (κ1) is 24.1. The highest BCUT2D eigenvalue weighted by molar-refractivity contribution is 6.07. The van der Waals surface area contributed by atoms with E-state index in [-0.39, 0.29) is 23.8 Å². The maximum absolute atomic E-state index is 13.4. The van der Waals surface area contributed by atoms with Crippen molar-refractivity contribution in [2.45, 2.75) is 94.6 Å². The molecule has 8 nitrogen and oxygen atoms in total. The number of hydrogen-bond donors (Lipinski definition) is 3. The highest BCUT2D eigenvalue weighted by atomic mass is 16.6. The minimum absolute atomic E-state index is 0.00600. The van der Waals surface area contributed by atoms with Crippen molar-refractivity contribution in [3.8, 4) is 0 Å². The van der Waals surface area contributed by atoms with E-state index in [1.165, 1.54) is 6.42 Å². The van der Waals surface area contributed by atoms with Gasteiger partial charge in [0.05, 0.1) is 5.41 Å². The van der Waals surface area contributed by atoms with Crippen LogP contribution in [-0.2, 0) is 24.5 Å². The first-order valence-corrected chi connectivity index (χ1v) is 13.4. The summed E-state index contributed by atoms with van der Waals surface area (Å²) in [6, 6.07) is 4.98. The minimum Gasteiger partial charge on any atom is -0.446 e. The number of carbonyl (C=O) groups excluding carboxylic acids is 3. The summed E-state index contributed by atoms with van der Waals surface area (Å²) >= 11 is 0. The molecule has 1 atom stereocenters. The van der Waals surface area contributed by atoms with E-state index in [1.54, 1.807) is 0 Å². The van der Waals surface area contributed by atoms with Gasteiger partial charge in [-0.15, -0.1) is 0 Å². The molecule has 2 saturated carbocycles. The van der Waals surface area contributed by atoms with E-state index in [1.807, 2.05) is 18.2 Å². The first-order valence-electron chi connectivity index (χ1n) is 13.4. The number of alkyl carbamates (subject to hydrolysis) is 1. The summed E-state index contributed by atoms with van der Waals surface area (Å²) in [5.74, 6) is -0.142. The number of rotatable bonds is 5. The molecule has 2 aliphatic carbocycles. The lowest BCUT2D eigenvalue weighted by Crippen LogP contribution is -2.49. The Morgan fingerprint density at radius 2 is 1.69 bits per heavy atom. The van der Waals surface area contributed by atoms with E-state index in [0.29, 0.717) is 31.7 Å². The van der Waals surface area contributed by atoms with Crippen LogP contribution < -0.4 is 16.0 Å². The van der Waals surface area contributed by atoms with Crippen molar-refractivity contribution in [2.24, 2.45) is 5.92 Å². The van der Waals surface area contributed by atoms with Gasteiger partial charge in [0.2, 0.25) is 11.8 Å². The molecule has 5 rings (SSSR count). The summed E-state index contributed by atoms with van der Waals surface area (Å²) < 4.78 is 11.1. The second-order valence-electron chi connectivity index (χ2n) is 10.6. The van der Waals surface area contributed by atoms with Crippen LogP contribution in [-0.4, -0.2) is 43.3 Å². The Morgan fingerprint density at radius 3 is 2.40 bits per heavy atom. The summed E-state index contributed by atoms with van der Waals surface area (Å²) in [5.41, 5.74) is 1.79. The van der Waals surface area contributed by atoms with Gasteiger partial charge in [-0.25, -0.2) is 4.79 Å². The molecule has 1 aromatic rings. The van der Waals surface area contributed by atoms with Crippen LogP contribution in [0.2, 0.25) is 0 Å². The molecule has 4 aliphatic rings. The van der Waals surface area contributed by atoms with Crippen molar-refractivity contribution in [3.05, 3.63) is 23.8 Å². The number of amides is 3. The third kappa shape index (κ3) is 5.17. The van der Waals surface area contributed by atoms with Gasteiger partial charge in [0.25, 0.3) is 0 Å². The fourth-order valence-electron chi connectivity index (χ4n) is 6.30. The van der Waals surface area contributed by atoms with Gasteiger partial charge in [-0.05, 0) is 75.0 Å². The molecule has 1 aromatic carbocycles. The number of benzene rings is 1. The van der Waals surface area contributed by atoms with Crippen LogP contribution >= 0.6 is 0 Å². The van der Waals surface area contributed by atoms with Gasteiger partial charge >= 0.3 is 6.09 Å². The predicted octanol–water partition coefficient (Wildman–Crippen LogP) is 4.63. The Balaban J connectivity index is 1.28. The van der Waals surface area contributed by atoms with E-state index in [4.69, 9.17) is 9.47 Å². The molecule has 1 spiro atoms. The molecule has 1 saturated heterocycles. The predicted molar refractivity (Wildman–Crippen MR) is 132 cm³/mol. The highest BCUT2D eigenvalue weighted by Crippen LogP contribution is 2.45. The lowest BCUT2D eigenvalue weighted by Gasteiger charge is -2.31. The highest BCUT2D eigenvalue weighted by Gasteiger charge is 2.47. The molecule has 3 N–H and O–H groups in total. The average molecular weight is 484 g/mol. The minimum atomic E-state index is -0.643. The van der Waals surface area contributed by atoms with E-state index >= 15 is 0 Å². The number of nitrogens with one attached hydrogen (secondary N) is 3. The van der Waals surface area contributed by atoms with Crippen LogP contribution in [0.5, 0.6) is 0 Å². The maximum atomic E-state index is 13.4. The SMILES string of the molecule is O=C(N[C@H](C(=O)Nc1ccc2c(c1)NC(=O)C21CCOCC1)C1CCCCC1)OC1CCCCC1. The van der Waals surface area contributed by atoms with Gasteiger partial charge in [0, 0.05) is 24.6 Å². The number of fused-ring (bicyclic) bond motifs is 2. The molecule has 35 heavy (non-hydrogen) atoms. The van der Waals surface area contributed by atoms with Gasteiger partial charge in [0.1, 0.15) is 12.1 Å². The standard InChI is InChI=1S/C27H37N3O5/c31-24(23(18-7-3-1-4-8-18)30-26(33)35-20-9-5-2-6-10-20)28-19-11-12-21-22(17-19)29-25(32)27(21)13-15-34-16-14-27/h11-12,17-18,20,23H,1-10,13-16H2,(H,28,31)(H,29,32)(H,30,33)/t23-/m0/s1. The zero-order chi connectivity index (χ0) is 24.3. The lowest BCUT2D eigenvalue weighted by atomic mass is 9.75. The lowest BCUT2D eigenvalue weighted by molar-refractivity contribution is -0.124. The van der Waals surface area contributed by atoms with Crippen LogP contribution in [0.3, 0.4) is 0 Å². The molecule has 3 amide bonds. The largest absolute Gasteiger partial charge is 0.446 e. The zero-order valence-corrected chi connectivity index (χ0v) is 20.4. The third-order valence-electron chi connectivity index (χ3n) is 8.33. The van der Waals surface area contributed by atoms with E-state index < -0.39 is 17.6 Å². The van der Waals surface area contributed by atoms with Crippen LogP contribution in [0.25, 0.3) is 0 Å². The molecular formula is C27H37N3O5.